The van der Waals surface area contributed by atoms with Gasteiger partial charge in [-0.25, -0.2) is 9.59 Å². The fourth-order valence-electron chi connectivity index (χ4n) is 1.55. The first-order valence-corrected chi connectivity index (χ1v) is 8.13. The number of hydrogen-bond acceptors (Lipinski definition) is 5. The van der Waals surface area contributed by atoms with Crippen LogP contribution in [-0.4, -0.2) is 25.2 Å². The van der Waals surface area contributed by atoms with Crippen LogP contribution in [-0.2, 0) is 15.9 Å². The molecule has 0 spiro atoms. The van der Waals surface area contributed by atoms with Crippen LogP contribution in [0.25, 0.3) is 0 Å². The molecule has 1 aromatic rings. The Bertz CT molecular complexity index is 447. The maximum atomic E-state index is 12.1. The van der Waals surface area contributed by atoms with E-state index >= 15 is 0 Å². The van der Waals surface area contributed by atoms with Crippen LogP contribution in [0.15, 0.2) is 6.07 Å². The summed E-state index contributed by atoms with van der Waals surface area (Å²) in [5.41, 5.74) is 0.325. The van der Waals surface area contributed by atoms with Gasteiger partial charge in [0.05, 0.1) is 18.8 Å². The van der Waals surface area contributed by atoms with Crippen molar-refractivity contribution in [1.82, 2.24) is 0 Å². The van der Waals surface area contributed by atoms with Gasteiger partial charge < -0.3 is 9.47 Å². The molecule has 0 aliphatic heterocycles. The second-order valence-corrected chi connectivity index (χ2v) is 6.93. The minimum absolute atomic E-state index is 0.259. The molecule has 118 valence electrons. The van der Waals surface area contributed by atoms with Gasteiger partial charge in [0.2, 0.25) is 0 Å². The van der Waals surface area contributed by atoms with Crippen LogP contribution in [0.1, 0.15) is 59.5 Å². The van der Waals surface area contributed by atoms with Gasteiger partial charge in [0.15, 0.2) is 0 Å². The Labute approximate surface area is 130 Å². The van der Waals surface area contributed by atoms with Gasteiger partial charge in [-0.1, -0.05) is 34.6 Å². The fraction of sp³-hybridized carbons (Fsp3) is 0.625. The number of aryl methyl sites for hydroxylation is 1. The normalized spacial score (nSPS) is 11.0. The third-order valence-electron chi connectivity index (χ3n) is 2.63. The molecular formula is C16H24O4S. The van der Waals surface area contributed by atoms with Gasteiger partial charge in [-0.2, -0.15) is 0 Å². The number of esters is 2. The SMILES string of the molecule is CCc1cc(C(=O)OCC(C)C)c(C(=O)OCC(C)C)s1. The van der Waals surface area contributed by atoms with Crippen molar-refractivity contribution in [1.29, 1.82) is 0 Å². The summed E-state index contributed by atoms with van der Waals surface area (Å²) in [5, 5.41) is 0. The van der Waals surface area contributed by atoms with Crippen LogP contribution < -0.4 is 0 Å². The number of carbonyl (C=O) groups is 2. The first-order valence-electron chi connectivity index (χ1n) is 7.32. The zero-order chi connectivity index (χ0) is 16.0. The predicted molar refractivity (Wildman–Crippen MR) is 83.9 cm³/mol. The van der Waals surface area contributed by atoms with E-state index in [1.165, 1.54) is 11.3 Å². The topological polar surface area (TPSA) is 52.6 Å². The number of hydrogen-bond donors (Lipinski definition) is 0. The largest absolute Gasteiger partial charge is 0.462 e. The van der Waals surface area contributed by atoms with E-state index < -0.39 is 11.9 Å². The molecule has 21 heavy (non-hydrogen) atoms. The second kappa shape index (κ2) is 8.17. The molecule has 0 saturated heterocycles. The lowest BCUT2D eigenvalue weighted by Crippen LogP contribution is -2.15. The molecule has 0 saturated carbocycles. The highest BCUT2D eigenvalue weighted by molar-refractivity contribution is 7.14. The predicted octanol–water partition coefficient (Wildman–Crippen LogP) is 3.94. The second-order valence-electron chi connectivity index (χ2n) is 5.79. The Morgan fingerprint density at radius 1 is 1.05 bits per heavy atom. The quantitative estimate of drug-likeness (QED) is 0.716. The van der Waals surface area contributed by atoms with Crippen LogP contribution in [0.4, 0.5) is 0 Å². The fourth-order valence-corrected chi connectivity index (χ4v) is 2.53. The van der Waals surface area contributed by atoms with E-state index in [4.69, 9.17) is 9.47 Å². The van der Waals surface area contributed by atoms with Gasteiger partial charge >= 0.3 is 11.9 Å². The van der Waals surface area contributed by atoms with Gasteiger partial charge in [0.25, 0.3) is 0 Å². The Morgan fingerprint density at radius 2 is 1.57 bits per heavy atom. The lowest BCUT2D eigenvalue weighted by molar-refractivity contribution is 0.0417. The third kappa shape index (κ3) is 5.50. The van der Waals surface area contributed by atoms with Crippen LogP contribution in [0.2, 0.25) is 0 Å². The first-order chi connectivity index (χ1) is 9.85. The maximum Gasteiger partial charge on any atom is 0.349 e. The van der Waals surface area contributed by atoms with Crippen molar-refractivity contribution in [3.8, 4) is 0 Å². The summed E-state index contributed by atoms with van der Waals surface area (Å²) >= 11 is 1.31. The van der Waals surface area contributed by atoms with Crippen molar-refractivity contribution >= 4 is 23.3 Å². The van der Waals surface area contributed by atoms with Gasteiger partial charge in [0, 0.05) is 4.88 Å². The maximum absolute atomic E-state index is 12.1. The third-order valence-corrected chi connectivity index (χ3v) is 3.89. The average molecular weight is 312 g/mol. The van der Waals surface area contributed by atoms with E-state index in [1.807, 2.05) is 34.6 Å². The highest BCUT2D eigenvalue weighted by atomic mass is 32.1. The van der Waals surface area contributed by atoms with E-state index in [1.54, 1.807) is 6.07 Å². The molecule has 0 radical (unpaired) electrons. The zero-order valence-electron chi connectivity index (χ0n) is 13.4. The molecule has 0 bridgehead atoms. The van der Waals surface area contributed by atoms with E-state index in [-0.39, 0.29) is 11.8 Å². The van der Waals surface area contributed by atoms with E-state index in [2.05, 4.69) is 0 Å². The van der Waals surface area contributed by atoms with Gasteiger partial charge in [0.1, 0.15) is 4.88 Å². The molecule has 1 rings (SSSR count). The van der Waals surface area contributed by atoms with E-state index in [0.717, 1.165) is 11.3 Å². The minimum Gasteiger partial charge on any atom is -0.462 e. The number of carbonyl (C=O) groups excluding carboxylic acids is 2. The number of ether oxygens (including phenoxy) is 2. The van der Waals surface area contributed by atoms with Crippen molar-refractivity contribution < 1.29 is 19.1 Å². The molecule has 1 aromatic heterocycles. The molecule has 0 unspecified atom stereocenters. The molecular weight excluding hydrogens is 288 g/mol. The molecule has 4 nitrogen and oxygen atoms in total. The van der Waals surface area contributed by atoms with Crippen LogP contribution in [0.3, 0.4) is 0 Å². The molecule has 0 atom stereocenters. The summed E-state index contributed by atoms with van der Waals surface area (Å²) in [7, 11) is 0. The molecule has 1 heterocycles. The highest BCUT2D eigenvalue weighted by Gasteiger charge is 2.23. The first kappa shape index (κ1) is 17.7. The summed E-state index contributed by atoms with van der Waals surface area (Å²) in [5.74, 6) is -0.369. The Balaban J connectivity index is 2.89. The van der Waals surface area contributed by atoms with Crippen molar-refractivity contribution in [2.24, 2.45) is 11.8 Å². The Morgan fingerprint density at radius 3 is 2.05 bits per heavy atom. The molecule has 0 amide bonds. The van der Waals surface area contributed by atoms with Crippen LogP contribution in [0.5, 0.6) is 0 Å². The van der Waals surface area contributed by atoms with Gasteiger partial charge in [-0.15, -0.1) is 11.3 Å². The van der Waals surface area contributed by atoms with Crippen LogP contribution >= 0.6 is 11.3 Å². The van der Waals surface area contributed by atoms with Gasteiger partial charge in [-0.05, 0) is 24.3 Å². The molecule has 0 aromatic carbocycles. The summed E-state index contributed by atoms with van der Waals surface area (Å²) in [4.78, 5) is 25.6. The van der Waals surface area contributed by atoms with E-state index in [9.17, 15) is 9.59 Å². The molecule has 0 fully saturated rings. The monoisotopic (exact) mass is 312 g/mol. The molecule has 0 aliphatic carbocycles. The Hall–Kier alpha value is -1.36. The molecule has 0 N–H and O–H groups in total. The minimum atomic E-state index is -0.448. The lowest BCUT2D eigenvalue weighted by atomic mass is 10.2. The number of thiophene rings is 1. The number of rotatable bonds is 7. The standard InChI is InChI=1S/C16H24O4S/c1-6-12-7-13(15(17)19-8-10(2)3)14(21-12)16(18)20-9-11(4)5/h7,10-11H,6,8-9H2,1-5H3. The lowest BCUT2D eigenvalue weighted by Gasteiger charge is -2.09. The van der Waals surface area contributed by atoms with Crippen molar-refractivity contribution in [3.05, 3.63) is 21.4 Å². The summed E-state index contributed by atoms with van der Waals surface area (Å²) in [6, 6.07) is 1.74. The van der Waals surface area contributed by atoms with Crippen molar-refractivity contribution in [3.63, 3.8) is 0 Å². The Kier molecular flexibility index (Phi) is 6.89. The average Bonchev–Trinajstić information content (AvgIpc) is 2.86. The van der Waals surface area contributed by atoms with Crippen molar-refractivity contribution in [2.75, 3.05) is 13.2 Å². The molecule has 0 aliphatic rings. The summed E-state index contributed by atoms with van der Waals surface area (Å²) in [6.07, 6.45) is 0.770. The van der Waals surface area contributed by atoms with Crippen molar-refractivity contribution in [2.45, 2.75) is 41.0 Å². The summed E-state index contributed by atoms with van der Waals surface area (Å²) < 4.78 is 10.5. The summed E-state index contributed by atoms with van der Waals surface area (Å²) in [6.45, 7) is 10.5. The van der Waals surface area contributed by atoms with Crippen LogP contribution in [0, 0.1) is 11.8 Å². The molecule has 5 heteroatoms. The zero-order valence-corrected chi connectivity index (χ0v) is 14.2. The van der Waals surface area contributed by atoms with Gasteiger partial charge in [-0.3, -0.25) is 0 Å². The van der Waals surface area contributed by atoms with E-state index in [0.29, 0.717) is 23.7 Å². The highest BCUT2D eigenvalue weighted by Crippen LogP contribution is 2.25. The smallest absolute Gasteiger partial charge is 0.349 e.